The van der Waals surface area contributed by atoms with Crippen molar-refractivity contribution < 1.29 is 0 Å². The molecule has 0 amide bonds. The molecule has 0 N–H and O–H groups in total. The molecule has 8 heteroatoms. The SMILES string of the molecule is Cn1c(CSc2nnnn2C2CC2)nc2cc(Cl)ccc21. The van der Waals surface area contributed by atoms with Crippen LogP contribution in [0.1, 0.15) is 24.7 Å². The summed E-state index contributed by atoms with van der Waals surface area (Å²) in [7, 11) is 2.02. The minimum Gasteiger partial charge on any atom is -0.330 e. The number of halogens is 1. The summed E-state index contributed by atoms with van der Waals surface area (Å²) in [6.07, 6.45) is 2.34. The van der Waals surface area contributed by atoms with Gasteiger partial charge in [-0.15, -0.1) is 5.10 Å². The van der Waals surface area contributed by atoms with Gasteiger partial charge in [-0.2, -0.15) is 0 Å². The fraction of sp³-hybridized carbons (Fsp3) is 0.385. The van der Waals surface area contributed by atoms with E-state index in [2.05, 4.69) is 25.1 Å². The standard InChI is InChI=1S/C13H13ClN6S/c1-19-11-5-2-8(14)6-10(11)15-12(19)7-21-13-16-17-18-20(13)9-3-4-9/h2,5-6,9H,3-4,7H2,1H3. The van der Waals surface area contributed by atoms with Crippen LogP contribution in [-0.2, 0) is 12.8 Å². The summed E-state index contributed by atoms with van der Waals surface area (Å²) >= 11 is 7.64. The Morgan fingerprint density at radius 1 is 1.38 bits per heavy atom. The van der Waals surface area contributed by atoms with E-state index in [-0.39, 0.29) is 0 Å². The molecule has 0 atom stereocenters. The van der Waals surface area contributed by atoms with Crippen LogP contribution in [0.5, 0.6) is 0 Å². The van der Waals surface area contributed by atoms with Gasteiger partial charge >= 0.3 is 0 Å². The van der Waals surface area contributed by atoms with E-state index in [1.807, 2.05) is 29.9 Å². The molecule has 0 aliphatic heterocycles. The Kier molecular flexibility index (Phi) is 3.11. The van der Waals surface area contributed by atoms with Crippen molar-refractivity contribution in [2.24, 2.45) is 7.05 Å². The number of hydrogen-bond donors (Lipinski definition) is 0. The maximum absolute atomic E-state index is 6.02. The molecule has 3 aromatic rings. The molecule has 21 heavy (non-hydrogen) atoms. The van der Waals surface area contributed by atoms with Crippen LogP contribution in [-0.4, -0.2) is 29.8 Å². The summed E-state index contributed by atoms with van der Waals surface area (Å²) in [5, 5.41) is 13.5. The second-order valence-corrected chi connectivity index (χ2v) is 6.52. The fourth-order valence-corrected chi connectivity index (χ4v) is 3.40. The third kappa shape index (κ3) is 2.40. The Morgan fingerprint density at radius 2 is 2.24 bits per heavy atom. The van der Waals surface area contributed by atoms with Crippen molar-refractivity contribution in [1.29, 1.82) is 0 Å². The number of aromatic nitrogens is 6. The Labute approximate surface area is 130 Å². The molecule has 4 rings (SSSR count). The van der Waals surface area contributed by atoms with Crippen molar-refractivity contribution in [3.63, 3.8) is 0 Å². The van der Waals surface area contributed by atoms with Gasteiger partial charge in [0.2, 0.25) is 5.16 Å². The van der Waals surface area contributed by atoms with E-state index in [0.717, 1.165) is 27.8 Å². The zero-order valence-electron chi connectivity index (χ0n) is 11.4. The van der Waals surface area contributed by atoms with Gasteiger partial charge in [0.1, 0.15) is 5.82 Å². The highest BCUT2D eigenvalue weighted by molar-refractivity contribution is 7.98. The fourth-order valence-electron chi connectivity index (χ4n) is 2.31. The highest BCUT2D eigenvalue weighted by Crippen LogP contribution is 2.37. The molecule has 1 saturated carbocycles. The van der Waals surface area contributed by atoms with E-state index in [4.69, 9.17) is 11.6 Å². The first kappa shape index (κ1) is 13.1. The lowest BCUT2D eigenvalue weighted by Crippen LogP contribution is -2.00. The molecule has 1 fully saturated rings. The molecule has 2 heterocycles. The minimum atomic E-state index is 0.488. The monoisotopic (exact) mass is 320 g/mol. The van der Waals surface area contributed by atoms with Crippen LogP contribution in [0, 0.1) is 0 Å². The largest absolute Gasteiger partial charge is 0.330 e. The lowest BCUT2D eigenvalue weighted by Gasteiger charge is -2.03. The van der Waals surface area contributed by atoms with Crippen LogP contribution in [0.4, 0.5) is 0 Å². The molecule has 0 saturated heterocycles. The zero-order chi connectivity index (χ0) is 14.4. The van der Waals surface area contributed by atoms with Crippen LogP contribution in [0.2, 0.25) is 5.02 Å². The van der Waals surface area contributed by atoms with Gasteiger partial charge in [-0.1, -0.05) is 23.4 Å². The number of benzene rings is 1. The predicted octanol–water partition coefficient (Wildman–Crippen LogP) is 2.84. The lowest BCUT2D eigenvalue weighted by molar-refractivity contribution is 0.565. The number of fused-ring (bicyclic) bond motifs is 1. The normalized spacial score (nSPS) is 15.0. The number of imidazole rings is 1. The molecule has 1 aliphatic carbocycles. The molecular weight excluding hydrogens is 308 g/mol. The average Bonchev–Trinajstić information content (AvgIpc) is 3.13. The lowest BCUT2D eigenvalue weighted by atomic mass is 10.3. The van der Waals surface area contributed by atoms with Gasteiger partial charge in [0.05, 0.1) is 22.8 Å². The minimum absolute atomic E-state index is 0.488. The van der Waals surface area contributed by atoms with Crippen molar-refractivity contribution in [3.8, 4) is 0 Å². The van der Waals surface area contributed by atoms with E-state index < -0.39 is 0 Å². The van der Waals surface area contributed by atoms with Crippen molar-refractivity contribution in [2.45, 2.75) is 29.8 Å². The van der Waals surface area contributed by atoms with Crippen LogP contribution >= 0.6 is 23.4 Å². The average molecular weight is 321 g/mol. The van der Waals surface area contributed by atoms with Gasteiger partial charge in [0.25, 0.3) is 0 Å². The summed E-state index contributed by atoms with van der Waals surface area (Å²) in [5.41, 5.74) is 2.00. The van der Waals surface area contributed by atoms with E-state index in [0.29, 0.717) is 11.1 Å². The smallest absolute Gasteiger partial charge is 0.210 e. The van der Waals surface area contributed by atoms with Crippen LogP contribution < -0.4 is 0 Å². The maximum Gasteiger partial charge on any atom is 0.210 e. The second-order valence-electron chi connectivity index (χ2n) is 5.15. The number of thioether (sulfide) groups is 1. The number of nitrogens with zero attached hydrogens (tertiary/aromatic N) is 6. The van der Waals surface area contributed by atoms with Gasteiger partial charge in [-0.25, -0.2) is 9.67 Å². The Bertz CT molecular complexity index is 806. The van der Waals surface area contributed by atoms with Gasteiger partial charge in [0.15, 0.2) is 0 Å². The quantitative estimate of drug-likeness (QED) is 0.692. The Balaban J connectivity index is 1.59. The summed E-state index contributed by atoms with van der Waals surface area (Å²) in [6.45, 7) is 0. The van der Waals surface area contributed by atoms with Crippen molar-refractivity contribution in [2.75, 3.05) is 0 Å². The molecule has 108 valence electrons. The third-order valence-electron chi connectivity index (χ3n) is 3.62. The molecular formula is C13H13ClN6S. The highest BCUT2D eigenvalue weighted by atomic mass is 35.5. The van der Waals surface area contributed by atoms with E-state index in [1.54, 1.807) is 11.8 Å². The Hall–Kier alpha value is -1.60. The third-order valence-corrected chi connectivity index (χ3v) is 4.79. The molecule has 1 aromatic carbocycles. The van der Waals surface area contributed by atoms with Crippen LogP contribution in [0.3, 0.4) is 0 Å². The van der Waals surface area contributed by atoms with Gasteiger partial charge in [0, 0.05) is 12.1 Å². The van der Waals surface area contributed by atoms with E-state index >= 15 is 0 Å². The first-order chi connectivity index (χ1) is 10.2. The maximum atomic E-state index is 6.02. The second kappa shape index (κ2) is 4.99. The number of tetrazole rings is 1. The topological polar surface area (TPSA) is 61.4 Å². The predicted molar refractivity (Wildman–Crippen MR) is 81.4 cm³/mol. The molecule has 6 nitrogen and oxygen atoms in total. The van der Waals surface area contributed by atoms with Crippen LogP contribution in [0.15, 0.2) is 23.4 Å². The molecule has 0 spiro atoms. The van der Waals surface area contributed by atoms with Crippen molar-refractivity contribution >= 4 is 34.4 Å². The molecule has 0 unspecified atom stereocenters. The van der Waals surface area contributed by atoms with Gasteiger partial charge in [-0.3, -0.25) is 0 Å². The molecule has 1 aliphatic rings. The van der Waals surface area contributed by atoms with E-state index in [1.165, 1.54) is 12.8 Å². The number of aryl methyl sites for hydroxylation is 1. The van der Waals surface area contributed by atoms with Crippen molar-refractivity contribution in [3.05, 3.63) is 29.0 Å². The highest BCUT2D eigenvalue weighted by Gasteiger charge is 2.28. The number of rotatable bonds is 4. The molecule has 2 aromatic heterocycles. The zero-order valence-corrected chi connectivity index (χ0v) is 13.0. The Morgan fingerprint density at radius 3 is 3.05 bits per heavy atom. The molecule has 0 radical (unpaired) electrons. The molecule has 0 bridgehead atoms. The summed E-state index contributed by atoms with van der Waals surface area (Å²) in [5.74, 6) is 1.72. The first-order valence-electron chi connectivity index (χ1n) is 6.74. The van der Waals surface area contributed by atoms with Gasteiger partial charge in [-0.05, 0) is 41.5 Å². The van der Waals surface area contributed by atoms with Gasteiger partial charge < -0.3 is 4.57 Å². The number of hydrogen-bond acceptors (Lipinski definition) is 5. The van der Waals surface area contributed by atoms with Crippen molar-refractivity contribution in [1.82, 2.24) is 29.8 Å². The first-order valence-corrected chi connectivity index (χ1v) is 8.10. The van der Waals surface area contributed by atoms with Crippen LogP contribution in [0.25, 0.3) is 11.0 Å². The van der Waals surface area contributed by atoms with E-state index in [9.17, 15) is 0 Å². The summed E-state index contributed by atoms with van der Waals surface area (Å²) < 4.78 is 4.01. The summed E-state index contributed by atoms with van der Waals surface area (Å²) in [4.78, 5) is 4.64. The summed E-state index contributed by atoms with van der Waals surface area (Å²) in [6, 6.07) is 6.25.